The zero-order valence-corrected chi connectivity index (χ0v) is 16.4. The smallest absolute Gasteiger partial charge is 0.283 e. The maximum absolute atomic E-state index is 11.8. The Bertz CT molecular complexity index is 950. The van der Waals surface area contributed by atoms with Gasteiger partial charge in [0.05, 0.1) is 14.7 Å². The number of nitrogens with zero attached hydrogens (tertiary/aromatic N) is 1. The molecule has 26 heavy (non-hydrogen) atoms. The number of rotatable bonds is 4. The summed E-state index contributed by atoms with van der Waals surface area (Å²) in [7, 11) is 0. The standard InChI is InChI=1S/C18H14N2O3S3/c1-10-5-11(2)7-13(6-10)25-15-4-3-12(8-14(15)20(22)23)9-16-17(21)19-18(24)26-16/h3-9H,1-2H3,(H,19,21,24)/b16-9-. The van der Waals surface area contributed by atoms with Crippen LogP contribution < -0.4 is 5.32 Å². The fourth-order valence-electron chi connectivity index (χ4n) is 2.54. The average molecular weight is 403 g/mol. The number of hydrogen-bond acceptors (Lipinski definition) is 6. The van der Waals surface area contributed by atoms with Crippen LogP contribution in [0.5, 0.6) is 0 Å². The molecule has 0 unspecified atom stereocenters. The summed E-state index contributed by atoms with van der Waals surface area (Å²) < 4.78 is 0.387. The molecule has 0 atom stereocenters. The first-order valence-corrected chi connectivity index (χ1v) is 9.65. The number of benzene rings is 2. The third-order valence-corrected chi connectivity index (χ3v) is 5.74. The summed E-state index contributed by atoms with van der Waals surface area (Å²) >= 11 is 7.46. The predicted molar refractivity (Wildman–Crippen MR) is 109 cm³/mol. The van der Waals surface area contributed by atoms with E-state index < -0.39 is 4.92 Å². The number of carbonyl (C=O) groups excluding carboxylic acids is 1. The Hall–Kier alpha value is -2.16. The molecule has 0 radical (unpaired) electrons. The number of carbonyl (C=O) groups is 1. The summed E-state index contributed by atoms with van der Waals surface area (Å²) in [5, 5.41) is 14.0. The van der Waals surface area contributed by atoms with Crippen molar-refractivity contribution in [2.75, 3.05) is 0 Å². The summed E-state index contributed by atoms with van der Waals surface area (Å²) in [4.78, 5) is 24.8. The Morgan fingerprint density at radius 1 is 1.19 bits per heavy atom. The molecule has 1 aliphatic rings. The van der Waals surface area contributed by atoms with Crippen LogP contribution in [0.15, 0.2) is 51.1 Å². The second-order valence-electron chi connectivity index (χ2n) is 5.76. The fourth-order valence-corrected chi connectivity index (χ4v) is 4.71. The molecule has 3 rings (SSSR count). The van der Waals surface area contributed by atoms with Crippen LogP contribution in [0.3, 0.4) is 0 Å². The van der Waals surface area contributed by atoms with Crippen LogP contribution in [0.2, 0.25) is 0 Å². The van der Waals surface area contributed by atoms with Crippen molar-refractivity contribution >= 4 is 57.7 Å². The van der Waals surface area contributed by atoms with Gasteiger partial charge in [0.25, 0.3) is 11.6 Å². The third kappa shape index (κ3) is 4.32. The van der Waals surface area contributed by atoms with Crippen LogP contribution in [0.1, 0.15) is 16.7 Å². The average Bonchev–Trinajstić information content (AvgIpc) is 2.85. The van der Waals surface area contributed by atoms with Crippen molar-refractivity contribution in [2.45, 2.75) is 23.6 Å². The van der Waals surface area contributed by atoms with E-state index in [1.165, 1.54) is 17.8 Å². The molecule has 0 aromatic heterocycles. The Morgan fingerprint density at radius 2 is 1.88 bits per heavy atom. The number of thioether (sulfide) groups is 1. The summed E-state index contributed by atoms with van der Waals surface area (Å²) in [6.07, 6.45) is 1.61. The number of aryl methyl sites for hydroxylation is 2. The first-order chi connectivity index (χ1) is 12.3. The highest BCUT2D eigenvalue weighted by Gasteiger charge is 2.23. The van der Waals surface area contributed by atoms with Gasteiger partial charge in [0.15, 0.2) is 0 Å². The zero-order chi connectivity index (χ0) is 18.8. The topological polar surface area (TPSA) is 72.2 Å². The fraction of sp³-hybridized carbons (Fsp3) is 0.111. The van der Waals surface area contributed by atoms with Gasteiger partial charge < -0.3 is 5.32 Å². The van der Waals surface area contributed by atoms with Gasteiger partial charge in [-0.05, 0) is 54.8 Å². The van der Waals surface area contributed by atoms with Gasteiger partial charge in [-0.25, -0.2) is 0 Å². The molecule has 1 amide bonds. The Balaban J connectivity index is 1.95. The first-order valence-electron chi connectivity index (χ1n) is 7.61. The van der Waals surface area contributed by atoms with Crippen LogP contribution in [0.25, 0.3) is 6.08 Å². The summed E-state index contributed by atoms with van der Waals surface area (Å²) in [6, 6.07) is 11.0. The van der Waals surface area contributed by atoms with Crippen molar-refractivity contribution in [1.29, 1.82) is 0 Å². The van der Waals surface area contributed by atoms with Gasteiger partial charge in [-0.3, -0.25) is 14.9 Å². The minimum Gasteiger partial charge on any atom is -0.307 e. The van der Waals surface area contributed by atoms with Gasteiger partial charge in [0.2, 0.25) is 0 Å². The highest BCUT2D eigenvalue weighted by atomic mass is 32.2. The highest BCUT2D eigenvalue weighted by molar-refractivity contribution is 8.26. The molecular weight excluding hydrogens is 388 g/mol. The van der Waals surface area contributed by atoms with Crippen molar-refractivity contribution in [3.63, 3.8) is 0 Å². The zero-order valence-electron chi connectivity index (χ0n) is 13.9. The molecule has 1 saturated heterocycles. The van der Waals surface area contributed by atoms with Gasteiger partial charge in [-0.2, -0.15) is 0 Å². The van der Waals surface area contributed by atoms with E-state index in [1.54, 1.807) is 18.2 Å². The van der Waals surface area contributed by atoms with Gasteiger partial charge >= 0.3 is 0 Å². The van der Waals surface area contributed by atoms with E-state index in [-0.39, 0.29) is 11.6 Å². The molecule has 132 valence electrons. The van der Waals surface area contributed by atoms with E-state index in [0.29, 0.717) is 19.7 Å². The minimum atomic E-state index is -0.403. The summed E-state index contributed by atoms with van der Waals surface area (Å²) in [5.74, 6) is -0.281. The van der Waals surface area contributed by atoms with E-state index in [1.807, 2.05) is 26.0 Å². The quantitative estimate of drug-likeness (QED) is 0.341. The van der Waals surface area contributed by atoms with Crippen LogP contribution in [-0.4, -0.2) is 15.2 Å². The molecule has 0 bridgehead atoms. The number of nitrogens with one attached hydrogen (secondary N) is 1. The lowest BCUT2D eigenvalue weighted by atomic mass is 10.2. The maximum Gasteiger partial charge on any atom is 0.283 e. The van der Waals surface area contributed by atoms with Crippen LogP contribution >= 0.6 is 35.7 Å². The summed E-state index contributed by atoms with van der Waals surface area (Å²) in [6.45, 7) is 3.99. The molecule has 0 spiro atoms. The lowest BCUT2D eigenvalue weighted by Gasteiger charge is -2.06. The lowest BCUT2D eigenvalue weighted by Crippen LogP contribution is -2.17. The Kier molecular flexibility index (Phi) is 5.45. The van der Waals surface area contributed by atoms with Crippen molar-refractivity contribution in [3.8, 4) is 0 Å². The molecule has 2 aromatic carbocycles. The van der Waals surface area contributed by atoms with Gasteiger partial charge in [-0.15, -0.1) is 0 Å². The lowest BCUT2D eigenvalue weighted by molar-refractivity contribution is -0.387. The Labute approximate surface area is 164 Å². The van der Waals surface area contributed by atoms with Crippen LogP contribution in [0, 0.1) is 24.0 Å². The molecule has 0 aliphatic carbocycles. The molecule has 8 heteroatoms. The predicted octanol–water partition coefficient (Wildman–Crippen LogP) is 4.85. The van der Waals surface area contributed by atoms with Crippen molar-refractivity contribution < 1.29 is 9.72 Å². The second kappa shape index (κ2) is 7.61. The monoisotopic (exact) mass is 402 g/mol. The van der Waals surface area contributed by atoms with E-state index in [2.05, 4.69) is 11.4 Å². The Morgan fingerprint density at radius 3 is 2.46 bits per heavy atom. The largest absolute Gasteiger partial charge is 0.307 e. The molecular formula is C18H14N2O3S3. The first kappa shape index (κ1) is 18.6. The third-order valence-electron chi connectivity index (χ3n) is 3.54. The van der Waals surface area contributed by atoms with Crippen molar-refractivity contribution in [1.82, 2.24) is 5.32 Å². The van der Waals surface area contributed by atoms with Gasteiger partial charge in [0, 0.05) is 11.0 Å². The number of nitro groups is 1. The van der Waals surface area contributed by atoms with Gasteiger partial charge in [-0.1, -0.05) is 47.9 Å². The van der Waals surface area contributed by atoms with E-state index in [0.717, 1.165) is 27.8 Å². The van der Waals surface area contributed by atoms with Crippen LogP contribution in [0.4, 0.5) is 5.69 Å². The van der Waals surface area contributed by atoms with Crippen molar-refractivity contribution in [2.24, 2.45) is 0 Å². The van der Waals surface area contributed by atoms with E-state index >= 15 is 0 Å². The summed E-state index contributed by atoms with van der Waals surface area (Å²) in [5.41, 5.74) is 2.81. The molecule has 5 nitrogen and oxygen atoms in total. The van der Waals surface area contributed by atoms with Crippen LogP contribution in [-0.2, 0) is 4.79 Å². The molecule has 1 aliphatic heterocycles. The molecule has 1 N–H and O–H groups in total. The normalized spacial score (nSPS) is 15.4. The molecule has 0 saturated carbocycles. The number of thiocarbonyl (C=S) groups is 1. The van der Waals surface area contributed by atoms with Crippen molar-refractivity contribution in [3.05, 3.63) is 68.1 Å². The SMILES string of the molecule is Cc1cc(C)cc(Sc2ccc(/C=C3\SC(=S)NC3=O)cc2[N+](=O)[O-])c1. The number of hydrogen-bond donors (Lipinski definition) is 1. The van der Waals surface area contributed by atoms with E-state index in [9.17, 15) is 14.9 Å². The maximum atomic E-state index is 11.8. The van der Waals surface area contributed by atoms with Gasteiger partial charge in [0.1, 0.15) is 4.32 Å². The van der Waals surface area contributed by atoms with E-state index in [4.69, 9.17) is 12.2 Å². The molecule has 1 fully saturated rings. The molecule has 1 heterocycles. The number of amides is 1. The molecule has 2 aromatic rings. The second-order valence-corrected chi connectivity index (χ2v) is 8.60. The highest BCUT2D eigenvalue weighted by Crippen LogP contribution is 2.37. The number of nitro benzene ring substituents is 1. The minimum absolute atomic E-state index is 0.00879.